The number of hydrogen-bond acceptors (Lipinski definition) is 2. The number of nitrogens with zero attached hydrogens (tertiary/aromatic N) is 1. The van der Waals surface area contributed by atoms with Crippen LogP contribution in [0.2, 0.25) is 0 Å². The van der Waals surface area contributed by atoms with Crippen molar-refractivity contribution in [1.29, 1.82) is 0 Å². The highest BCUT2D eigenvalue weighted by Crippen LogP contribution is 2.18. The number of benzene rings is 1. The van der Waals surface area contributed by atoms with E-state index in [1.165, 1.54) is 22.0 Å². The Bertz CT molecular complexity index is 753. The topological polar surface area (TPSA) is 40.7 Å². The van der Waals surface area contributed by atoms with Crippen LogP contribution in [0.1, 0.15) is 11.1 Å². The molecule has 0 bridgehead atoms. The van der Waals surface area contributed by atoms with Crippen molar-refractivity contribution in [2.75, 3.05) is 6.54 Å². The van der Waals surface area contributed by atoms with Gasteiger partial charge in [0.25, 0.3) is 0 Å². The largest absolute Gasteiger partial charge is 0.372 e. The lowest BCUT2D eigenvalue weighted by molar-refractivity contribution is 0.887. The van der Waals surface area contributed by atoms with Gasteiger partial charge in [0.1, 0.15) is 4.32 Å². The fourth-order valence-electron chi connectivity index (χ4n) is 2.39. The molecule has 0 amide bonds. The number of aromatic amines is 1. The van der Waals surface area contributed by atoms with Gasteiger partial charge in [-0.05, 0) is 35.7 Å². The van der Waals surface area contributed by atoms with Crippen molar-refractivity contribution in [1.82, 2.24) is 15.3 Å². The second-order valence-corrected chi connectivity index (χ2v) is 7.05. The normalized spacial score (nSPS) is 11.6. The second kappa shape index (κ2) is 7.42. The van der Waals surface area contributed by atoms with Crippen LogP contribution in [-0.4, -0.2) is 20.8 Å². The zero-order chi connectivity index (χ0) is 15.2. The Kier molecular flexibility index (Phi) is 5.08. The fourth-order valence-corrected chi connectivity index (χ4v) is 3.56. The van der Waals surface area contributed by atoms with Gasteiger partial charge in [-0.2, -0.15) is 0 Å². The number of aromatic nitrogens is 2. The number of nitrogens with one attached hydrogen (secondary N) is 2. The zero-order valence-electron chi connectivity index (χ0n) is 12.2. The number of H-pyrrole nitrogens is 1. The fraction of sp³-hybridized carbons (Fsp3) is 0.176. The van der Waals surface area contributed by atoms with Crippen LogP contribution in [0, 0.1) is 0 Å². The maximum Gasteiger partial charge on any atom is 0.111 e. The molecule has 2 aromatic heterocycles. The highest BCUT2D eigenvalue weighted by Gasteiger charge is 2.03. The molecule has 3 aromatic rings. The first-order valence-electron chi connectivity index (χ1n) is 7.28. The average molecular weight is 329 g/mol. The van der Waals surface area contributed by atoms with Crippen molar-refractivity contribution in [2.45, 2.75) is 12.2 Å². The summed E-state index contributed by atoms with van der Waals surface area (Å²) in [4.78, 5) is 7.34. The molecule has 3 nitrogen and oxygen atoms in total. The van der Waals surface area contributed by atoms with Crippen molar-refractivity contribution < 1.29 is 0 Å². The van der Waals surface area contributed by atoms with Crippen LogP contribution in [0.15, 0.2) is 55.0 Å². The first-order valence-corrected chi connectivity index (χ1v) is 8.90. The van der Waals surface area contributed by atoms with Crippen molar-refractivity contribution in [2.24, 2.45) is 0 Å². The van der Waals surface area contributed by atoms with Gasteiger partial charge in [-0.3, -0.25) is 4.98 Å². The van der Waals surface area contributed by atoms with E-state index in [1.54, 1.807) is 0 Å². The Morgan fingerprint density at radius 1 is 1.18 bits per heavy atom. The Morgan fingerprint density at radius 3 is 2.86 bits per heavy atom. The molecule has 5 heteroatoms. The lowest BCUT2D eigenvalue weighted by Crippen LogP contribution is -2.21. The van der Waals surface area contributed by atoms with E-state index >= 15 is 0 Å². The van der Waals surface area contributed by atoms with Gasteiger partial charge in [0.05, 0.1) is 0 Å². The second-order valence-electron chi connectivity index (χ2n) is 5.07. The summed E-state index contributed by atoms with van der Waals surface area (Å²) in [5.74, 6) is 0.988. The number of fused-ring (bicyclic) bond motifs is 1. The van der Waals surface area contributed by atoms with E-state index in [2.05, 4.69) is 45.7 Å². The minimum atomic E-state index is 0.625. The smallest absolute Gasteiger partial charge is 0.111 e. The summed E-state index contributed by atoms with van der Waals surface area (Å²) < 4.78 is 0.955. The lowest BCUT2D eigenvalue weighted by Gasteiger charge is -2.09. The molecule has 0 fully saturated rings. The molecule has 0 saturated heterocycles. The van der Waals surface area contributed by atoms with Crippen LogP contribution in [0.25, 0.3) is 10.9 Å². The molecule has 0 unspecified atom stereocenters. The van der Waals surface area contributed by atoms with E-state index in [-0.39, 0.29) is 0 Å². The predicted molar refractivity (Wildman–Crippen MR) is 101 cm³/mol. The quantitative estimate of drug-likeness (QED) is 0.705. The predicted octanol–water partition coefficient (Wildman–Crippen LogP) is 3.38. The monoisotopic (exact) mass is 329 g/mol. The van der Waals surface area contributed by atoms with Crippen LogP contribution in [-0.2, 0) is 12.2 Å². The molecule has 1 aromatic carbocycles. The molecular formula is C17H19N3S2. The molecule has 0 radical (unpaired) electrons. The number of rotatable bonds is 5. The first kappa shape index (κ1) is 15.1. The number of pyridine rings is 1. The summed E-state index contributed by atoms with van der Waals surface area (Å²) in [7, 11) is 0. The Hall–Kier alpha value is -1.85. The third kappa shape index (κ3) is 3.87. The molecule has 0 aliphatic heterocycles. The average Bonchev–Trinajstić information content (AvgIpc) is 2.97. The van der Waals surface area contributed by atoms with Crippen molar-refractivity contribution >= 4 is 39.2 Å². The maximum atomic E-state index is 5.42. The number of para-hydroxylation sites is 1. The van der Waals surface area contributed by atoms with E-state index in [1.807, 2.05) is 24.5 Å². The van der Waals surface area contributed by atoms with Gasteiger partial charge in [0.15, 0.2) is 0 Å². The molecule has 2 heterocycles. The molecule has 0 aliphatic rings. The number of thiocarbonyl (C=S) groups is 1. The summed E-state index contributed by atoms with van der Waals surface area (Å²) in [5.41, 5.74) is 3.82. The van der Waals surface area contributed by atoms with Crippen LogP contribution in [0.4, 0.5) is 0 Å². The summed E-state index contributed by atoms with van der Waals surface area (Å²) >= 11 is 6.05. The van der Waals surface area contributed by atoms with E-state index in [0.717, 1.165) is 23.0 Å². The Balaban J connectivity index is 1.45. The highest BCUT2D eigenvalue weighted by atomic mass is 32.2. The summed E-state index contributed by atoms with van der Waals surface area (Å²) in [6.45, 7) is 0.879. The van der Waals surface area contributed by atoms with Crippen LogP contribution >= 0.6 is 24.0 Å². The molecular weight excluding hydrogens is 310 g/mol. The van der Waals surface area contributed by atoms with Crippen LogP contribution < -0.4 is 5.32 Å². The van der Waals surface area contributed by atoms with Crippen molar-refractivity contribution in [3.8, 4) is 0 Å². The molecule has 2 N–H and O–H groups in total. The molecule has 0 aliphatic carbocycles. The summed E-state index contributed by atoms with van der Waals surface area (Å²) in [6, 6.07) is 12.5. The summed E-state index contributed by atoms with van der Waals surface area (Å²) in [6.07, 6.45) is 6.72. The molecule has 0 atom stereocenters. The van der Waals surface area contributed by atoms with E-state index in [0.29, 0.717) is 11.8 Å². The van der Waals surface area contributed by atoms with Gasteiger partial charge in [0.2, 0.25) is 0 Å². The third-order valence-corrected chi connectivity index (χ3v) is 5.22. The minimum absolute atomic E-state index is 0.625. The van der Waals surface area contributed by atoms with E-state index in [4.69, 9.17) is 12.2 Å². The van der Waals surface area contributed by atoms with Gasteiger partial charge < -0.3 is 10.3 Å². The molecule has 0 saturated carbocycles. The van der Waals surface area contributed by atoms with Crippen LogP contribution in [0.3, 0.4) is 0 Å². The Morgan fingerprint density at radius 2 is 2.00 bits per heavy atom. The van der Waals surface area contributed by atoms with Crippen LogP contribution in [0.5, 0.6) is 0 Å². The minimum Gasteiger partial charge on any atom is -0.372 e. The van der Waals surface area contributed by atoms with Crippen molar-refractivity contribution in [3.63, 3.8) is 0 Å². The molecule has 22 heavy (non-hydrogen) atoms. The van der Waals surface area contributed by atoms with Gasteiger partial charge in [-0.15, -0.1) is 0 Å². The molecule has 114 valence electrons. The molecule has 0 spiro atoms. The summed E-state index contributed by atoms with van der Waals surface area (Å²) in [5, 5.41) is 4.67. The van der Waals surface area contributed by atoms with E-state index < -0.39 is 0 Å². The highest BCUT2D eigenvalue weighted by molar-refractivity contribution is 8.22. The van der Waals surface area contributed by atoms with Gasteiger partial charge in [-0.1, -0.05) is 30.4 Å². The van der Waals surface area contributed by atoms with Gasteiger partial charge in [0, 0.05) is 41.8 Å². The zero-order valence-corrected chi connectivity index (χ0v) is 14.0. The number of hydrogen-bond donors (Lipinski definition) is 2. The standard InChI is InChI=1S/C17H19N3S2/c21-17(22-12-13-5-8-18-9-6-13)19-10-7-14-11-20-16-4-2-1-3-15(14)16/h1-6,8-9,11,20H,7,10,12,22H2,(H,19,21). The van der Waals surface area contributed by atoms with Gasteiger partial charge in [-0.25, -0.2) is 11.8 Å². The maximum absolute atomic E-state index is 5.42. The first-order chi connectivity index (χ1) is 10.8. The third-order valence-electron chi connectivity index (χ3n) is 3.56. The lowest BCUT2D eigenvalue weighted by atomic mass is 10.1. The van der Waals surface area contributed by atoms with Gasteiger partial charge >= 0.3 is 0 Å². The Labute approximate surface area is 139 Å². The SMILES string of the molecule is S=C(NCCc1c[nH]c2ccccc12)[SH2]Cc1ccncc1. The molecule has 3 rings (SSSR count). The van der Waals surface area contributed by atoms with E-state index in [9.17, 15) is 0 Å². The van der Waals surface area contributed by atoms with Crippen molar-refractivity contribution in [3.05, 3.63) is 66.1 Å².